The number of rotatable bonds is 7. The lowest BCUT2D eigenvalue weighted by molar-refractivity contribution is -0.121. The Bertz CT molecular complexity index is 549. The lowest BCUT2D eigenvalue weighted by Gasteiger charge is -2.09. The number of halogens is 3. The Kier molecular flexibility index (Phi) is 8.12. The van der Waals surface area contributed by atoms with Crippen molar-refractivity contribution >= 4 is 24.1 Å². The highest BCUT2D eigenvalue weighted by Crippen LogP contribution is 2.13. The van der Waals surface area contributed by atoms with Crippen molar-refractivity contribution in [2.45, 2.75) is 25.7 Å². The molecular weight excluding hydrogens is 326 g/mol. The van der Waals surface area contributed by atoms with E-state index in [1.807, 2.05) is 0 Å². The molecule has 23 heavy (non-hydrogen) atoms. The number of carbonyl (C=O) groups excluding carboxylic acids is 2. The van der Waals surface area contributed by atoms with E-state index < -0.39 is 17.4 Å². The Morgan fingerprint density at radius 3 is 2.70 bits per heavy atom. The molecule has 2 rings (SSSR count). The van der Waals surface area contributed by atoms with Crippen LogP contribution < -0.4 is 10.6 Å². The fourth-order valence-electron chi connectivity index (χ4n) is 2.54. The first-order valence-corrected chi connectivity index (χ1v) is 7.52. The largest absolute Gasteiger partial charge is 0.356 e. The Hall–Kier alpha value is -1.53. The SMILES string of the molecule is Cl.O=C(CCC(=O)c1ccc(F)cc1F)NCCC1CCNC1. The summed E-state index contributed by atoms with van der Waals surface area (Å²) in [6.07, 6.45) is 1.97. The molecule has 1 aromatic rings. The van der Waals surface area contributed by atoms with Gasteiger partial charge in [0, 0.05) is 25.5 Å². The Morgan fingerprint density at radius 2 is 2.04 bits per heavy atom. The van der Waals surface area contributed by atoms with E-state index in [9.17, 15) is 18.4 Å². The van der Waals surface area contributed by atoms with E-state index >= 15 is 0 Å². The molecule has 1 saturated heterocycles. The van der Waals surface area contributed by atoms with Gasteiger partial charge in [-0.1, -0.05) is 0 Å². The van der Waals surface area contributed by atoms with Crippen LogP contribution >= 0.6 is 12.4 Å². The van der Waals surface area contributed by atoms with Crippen LogP contribution in [0.15, 0.2) is 18.2 Å². The fourth-order valence-corrected chi connectivity index (χ4v) is 2.54. The summed E-state index contributed by atoms with van der Waals surface area (Å²) in [5.41, 5.74) is -0.175. The second kappa shape index (κ2) is 9.57. The molecule has 2 N–H and O–H groups in total. The van der Waals surface area contributed by atoms with Gasteiger partial charge in [0.2, 0.25) is 5.91 Å². The molecule has 1 aliphatic rings. The number of nitrogens with one attached hydrogen (secondary N) is 2. The van der Waals surface area contributed by atoms with Crippen molar-refractivity contribution in [2.75, 3.05) is 19.6 Å². The topological polar surface area (TPSA) is 58.2 Å². The van der Waals surface area contributed by atoms with Gasteiger partial charge in [-0.25, -0.2) is 8.78 Å². The summed E-state index contributed by atoms with van der Waals surface area (Å²) in [6.45, 7) is 2.60. The van der Waals surface area contributed by atoms with E-state index in [0.29, 0.717) is 18.5 Å². The number of hydrogen-bond donors (Lipinski definition) is 2. The third-order valence-electron chi connectivity index (χ3n) is 3.85. The molecule has 1 unspecified atom stereocenters. The predicted octanol–water partition coefficient (Wildman–Crippen LogP) is 2.47. The molecule has 0 bridgehead atoms. The van der Waals surface area contributed by atoms with Gasteiger partial charge in [0.1, 0.15) is 11.6 Å². The van der Waals surface area contributed by atoms with Gasteiger partial charge < -0.3 is 10.6 Å². The molecule has 0 aromatic heterocycles. The zero-order chi connectivity index (χ0) is 15.9. The molecule has 1 aromatic carbocycles. The van der Waals surface area contributed by atoms with Crippen LogP contribution in [0.5, 0.6) is 0 Å². The minimum Gasteiger partial charge on any atom is -0.356 e. The van der Waals surface area contributed by atoms with Crippen LogP contribution in [0, 0.1) is 17.6 Å². The average Bonchev–Trinajstić information content (AvgIpc) is 2.98. The molecule has 1 amide bonds. The molecule has 128 valence electrons. The van der Waals surface area contributed by atoms with Gasteiger partial charge in [0.25, 0.3) is 0 Å². The summed E-state index contributed by atoms with van der Waals surface area (Å²) in [6, 6.07) is 2.81. The lowest BCUT2D eigenvalue weighted by Crippen LogP contribution is -2.26. The van der Waals surface area contributed by atoms with Crippen LogP contribution in [0.1, 0.15) is 36.0 Å². The molecule has 1 atom stereocenters. The van der Waals surface area contributed by atoms with E-state index in [-0.39, 0.29) is 36.7 Å². The molecule has 7 heteroatoms. The van der Waals surface area contributed by atoms with E-state index in [0.717, 1.165) is 38.1 Å². The zero-order valence-corrected chi connectivity index (χ0v) is 13.6. The molecular formula is C16H21ClF2N2O2. The van der Waals surface area contributed by atoms with Crippen molar-refractivity contribution in [2.24, 2.45) is 5.92 Å². The van der Waals surface area contributed by atoms with E-state index in [1.54, 1.807) is 0 Å². The first kappa shape index (κ1) is 19.5. The van der Waals surface area contributed by atoms with Crippen LogP contribution in [-0.2, 0) is 4.79 Å². The van der Waals surface area contributed by atoms with E-state index in [1.165, 1.54) is 0 Å². The second-order valence-electron chi connectivity index (χ2n) is 5.54. The molecule has 0 aliphatic carbocycles. The number of hydrogen-bond acceptors (Lipinski definition) is 3. The number of carbonyl (C=O) groups is 2. The van der Waals surface area contributed by atoms with Crippen LogP contribution in [0.2, 0.25) is 0 Å². The van der Waals surface area contributed by atoms with Crippen LogP contribution in [0.3, 0.4) is 0 Å². The molecule has 0 radical (unpaired) electrons. The molecule has 4 nitrogen and oxygen atoms in total. The monoisotopic (exact) mass is 346 g/mol. The normalized spacial score (nSPS) is 16.7. The summed E-state index contributed by atoms with van der Waals surface area (Å²) >= 11 is 0. The van der Waals surface area contributed by atoms with Crippen molar-refractivity contribution in [1.29, 1.82) is 0 Å². The van der Waals surface area contributed by atoms with Crippen LogP contribution in [-0.4, -0.2) is 31.3 Å². The van der Waals surface area contributed by atoms with Gasteiger partial charge >= 0.3 is 0 Å². The molecule has 1 aliphatic heterocycles. The van der Waals surface area contributed by atoms with E-state index in [4.69, 9.17) is 0 Å². The van der Waals surface area contributed by atoms with Crippen molar-refractivity contribution < 1.29 is 18.4 Å². The van der Waals surface area contributed by atoms with Crippen molar-refractivity contribution in [3.63, 3.8) is 0 Å². The zero-order valence-electron chi connectivity index (χ0n) is 12.7. The Balaban J connectivity index is 0.00000264. The van der Waals surface area contributed by atoms with Gasteiger partial charge in [-0.05, 0) is 44.0 Å². The maximum atomic E-state index is 13.4. The Morgan fingerprint density at radius 1 is 1.26 bits per heavy atom. The van der Waals surface area contributed by atoms with Gasteiger partial charge in [-0.15, -0.1) is 12.4 Å². The third kappa shape index (κ3) is 6.23. The van der Waals surface area contributed by atoms with Gasteiger partial charge in [0.05, 0.1) is 5.56 Å². The van der Waals surface area contributed by atoms with Crippen LogP contribution in [0.25, 0.3) is 0 Å². The fraction of sp³-hybridized carbons (Fsp3) is 0.500. The summed E-state index contributed by atoms with van der Waals surface area (Å²) in [5, 5.41) is 6.03. The highest BCUT2D eigenvalue weighted by atomic mass is 35.5. The number of amides is 1. The van der Waals surface area contributed by atoms with Gasteiger partial charge in [0.15, 0.2) is 5.78 Å². The van der Waals surface area contributed by atoms with Crippen LogP contribution in [0.4, 0.5) is 8.78 Å². The first-order chi connectivity index (χ1) is 10.6. The van der Waals surface area contributed by atoms with Gasteiger partial charge in [-0.3, -0.25) is 9.59 Å². The van der Waals surface area contributed by atoms with Crippen molar-refractivity contribution in [3.05, 3.63) is 35.4 Å². The quantitative estimate of drug-likeness (QED) is 0.746. The molecule has 0 saturated carbocycles. The maximum absolute atomic E-state index is 13.4. The smallest absolute Gasteiger partial charge is 0.220 e. The first-order valence-electron chi connectivity index (χ1n) is 7.52. The second-order valence-corrected chi connectivity index (χ2v) is 5.54. The third-order valence-corrected chi connectivity index (χ3v) is 3.85. The van der Waals surface area contributed by atoms with Crippen molar-refractivity contribution in [1.82, 2.24) is 10.6 Å². The molecule has 1 heterocycles. The Labute approximate surface area is 140 Å². The highest BCUT2D eigenvalue weighted by molar-refractivity contribution is 5.98. The number of benzene rings is 1. The summed E-state index contributed by atoms with van der Waals surface area (Å²) in [7, 11) is 0. The minimum absolute atomic E-state index is 0. The maximum Gasteiger partial charge on any atom is 0.220 e. The number of ketones is 1. The van der Waals surface area contributed by atoms with Crippen molar-refractivity contribution in [3.8, 4) is 0 Å². The lowest BCUT2D eigenvalue weighted by atomic mass is 10.0. The highest BCUT2D eigenvalue weighted by Gasteiger charge is 2.16. The average molecular weight is 347 g/mol. The minimum atomic E-state index is -0.890. The molecule has 0 spiro atoms. The van der Waals surface area contributed by atoms with Gasteiger partial charge in [-0.2, -0.15) is 0 Å². The summed E-state index contributed by atoms with van der Waals surface area (Å²) < 4.78 is 26.2. The van der Waals surface area contributed by atoms with E-state index in [2.05, 4.69) is 10.6 Å². The summed E-state index contributed by atoms with van der Waals surface area (Å²) in [4.78, 5) is 23.5. The molecule has 1 fully saturated rings. The predicted molar refractivity (Wildman–Crippen MR) is 85.8 cm³/mol. The summed E-state index contributed by atoms with van der Waals surface area (Å²) in [5.74, 6) is -1.74. The standard InChI is InChI=1S/C16H20F2N2O2.ClH/c17-12-1-2-13(14(18)9-12)15(21)3-4-16(22)20-8-6-11-5-7-19-10-11;/h1-2,9,11,19H,3-8,10H2,(H,20,22);1H. The number of Topliss-reactive ketones (excluding diaryl/α,β-unsaturated/α-hetero) is 1.